The number of aromatic nitrogens is 2. The predicted octanol–water partition coefficient (Wildman–Crippen LogP) is -1.16. The Morgan fingerprint density at radius 1 is 1.29 bits per heavy atom. The number of nitrogens with one attached hydrogen (secondary N) is 2. The lowest BCUT2D eigenvalue weighted by Gasteiger charge is -2.04. The van der Waals surface area contributed by atoms with Crippen LogP contribution in [0.2, 0.25) is 0 Å². The van der Waals surface area contributed by atoms with Crippen molar-refractivity contribution in [3.05, 3.63) is 28.2 Å². The summed E-state index contributed by atoms with van der Waals surface area (Å²) in [5.74, 6) is 0. The number of hydrogen-bond acceptors (Lipinski definition) is 3. The maximum Gasteiger partial charge on any atom is 0.490 e. The van der Waals surface area contributed by atoms with Gasteiger partial charge in [-0.15, -0.1) is 0 Å². The first kappa shape index (κ1) is 9.05. The Morgan fingerprint density at radius 3 is 2.64 bits per heavy atom. The van der Waals surface area contributed by atoms with E-state index in [1.54, 1.807) is 19.1 Å². The topological polar surface area (TPSA) is 89.1 Å². The highest BCUT2D eigenvalue weighted by Crippen LogP contribution is 2.07. The highest BCUT2D eigenvalue weighted by atomic mass is 16.4. The molecular formula is C8H9BN2O3. The smallest absolute Gasteiger partial charge is 0.423 e. The van der Waals surface area contributed by atoms with Crippen molar-refractivity contribution in [1.82, 2.24) is 9.97 Å². The summed E-state index contributed by atoms with van der Waals surface area (Å²) in [5, 5.41) is 18.3. The van der Waals surface area contributed by atoms with E-state index in [1.165, 1.54) is 0 Å². The maximum atomic E-state index is 11.0. The number of H-pyrrole nitrogens is 2. The molecule has 2 rings (SSSR count). The van der Waals surface area contributed by atoms with Gasteiger partial charge in [-0.25, -0.2) is 4.79 Å². The average molecular weight is 192 g/mol. The number of rotatable bonds is 1. The van der Waals surface area contributed by atoms with Gasteiger partial charge in [-0.05, 0) is 18.6 Å². The molecule has 6 heteroatoms. The van der Waals surface area contributed by atoms with Gasteiger partial charge in [0.2, 0.25) is 0 Å². The van der Waals surface area contributed by atoms with Crippen molar-refractivity contribution in [2.75, 3.05) is 0 Å². The van der Waals surface area contributed by atoms with Crippen molar-refractivity contribution >= 4 is 23.6 Å². The minimum Gasteiger partial charge on any atom is -0.423 e. The molecule has 1 heterocycles. The van der Waals surface area contributed by atoms with Gasteiger partial charge in [-0.2, -0.15) is 0 Å². The Labute approximate surface area is 79.5 Å². The normalized spacial score (nSPS) is 10.8. The lowest BCUT2D eigenvalue weighted by molar-refractivity contribution is 0.426. The second-order valence-corrected chi connectivity index (χ2v) is 3.17. The lowest BCUT2D eigenvalue weighted by Crippen LogP contribution is -2.33. The third-order valence-corrected chi connectivity index (χ3v) is 2.21. The van der Waals surface area contributed by atoms with Crippen LogP contribution in [0.3, 0.4) is 0 Å². The van der Waals surface area contributed by atoms with Gasteiger partial charge in [0.1, 0.15) is 0 Å². The van der Waals surface area contributed by atoms with Gasteiger partial charge in [-0.1, -0.05) is 6.07 Å². The van der Waals surface area contributed by atoms with Crippen molar-refractivity contribution in [2.24, 2.45) is 0 Å². The van der Waals surface area contributed by atoms with Gasteiger partial charge >= 0.3 is 12.8 Å². The fraction of sp³-hybridized carbons (Fsp3) is 0.125. The van der Waals surface area contributed by atoms with Crippen LogP contribution in [-0.2, 0) is 0 Å². The molecule has 0 aliphatic rings. The van der Waals surface area contributed by atoms with Crippen LogP contribution in [0.4, 0.5) is 0 Å². The average Bonchev–Trinajstić information content (AvgIpc) is 2.43. The molecular weight excluding hydrogens is 183 g/mol. The molecule has 0 saturated heterocycles. The van der Waals surface area contributed by atoms with E-state index in [2.05, 4.69) is 9.97 Å². The fourth-order valence-electron chi connectivity index (χ4n) is 1.56. The van der Waals surface area contributed by atoms with Gasteiger partial charge in [-0.3, -0.25) is 0 Å². The summed E-state index contributed by atoms with van der Waals surface area (Å²) in [5.41, 5.74) is 1.73. The van der Waals surface area contributed by atoms with Crippen LogP contribution < -0.4 is 11.2 Å². The monoisotopic (exact) mass is 192 g/mol. The molecule has 0 unspecified atom stereocenters. The molecule has 0 amide bonds. The van der Waals surface area contributed by atoms with Crippen molar-refractivity contribution in [2.45, 2.75) is 6.92 Å². The molecule has 1 aromatic heterocycles. The number of aromatic amines is 2. The van der Waals surface area contributed by atoms with E-state index in [4.69, 9.17) is 10.0 Å². The number of fused-ring (bicyclic) bond motifs is 1. The zero-order valence-corrected chi connectivity index (χ0v) is 7.53. The predicted molar refractivity (Wildman–Crippen MR) is 53.5 cm³/mol. The SMILES string of the molecule is Cc1ccc2[nH]c(=O)[nH]c2c1B(O)O. The second-order valence-electron chi connectivity index (χ2n) is 3.17. The van der Waals surface area contributed by atoms with Crippen LogP contribution >= 0.6 is 0 Å². The van der Waals surface area contributed by atoms with E-state index >= 15 is 0 Å². The summed E-state index contributed by atoms with van der Waals surface area (Å²) in [7, 11) is -1.58. The Morgan fingerprint density at radius 2 is 2.00 bits per heavy atom. The summed E-state index contributed by atoms with van der Waals surface area (Å²) in [6.07, 6.45) is 0. The summed E-state index contributed by atoms with van der Waals surface area (Å²) in [6.45, 7) is 1.75. The van der Waals surface area contributed by atoms with E-state index in [0.29, 0.717) is 16.5 Å². The van der Waals surface area contributed by atoms with E-state index in [1.807, 2.05) is 0 Å². The summed E-state index contributed by atoms with van der Waals surface area (Å²) >= 11 is 0. The lowest BCUT2D eigenvalue weighted by atomic mass is 9.76. The van der Waals surface area contributed by atoms with Crippen LogP contribution in [0.25, 0.3) is 11.0 Å². The van der Waals surface area contributed by atoms with Crippen LogP contribution in [0.1, 0.15) is 5.56 Å². The van der Waals surface area contributed by atoms with Gasteiger partial charge in [0.15, 0.2) is 0 Å². The van der Waals surface area contributed by atoms with Crippen LogP contribution in [0.15, 0.2) is 16.9 Å². The maximum absolute atomic E-state index is 11.0. The molecule has 4 N–H and O–H groups in total. The summed E-state index contributed by atoms with van der Waals surface area (Å²) < 4.78 is 0. The van der Waals surface area contributed by atoms with E-state index < -0.39 is 7.12 Å². The van der Waals surface area contributed by atoms with E-state index in [9.17, 15) is 4.79 Å². The molecule has 1 aromatic carbocycles. The summed E-state index contributed by atoms with van der Waals surface area (Å²) in [4.78, 5) is 16.1. The first-order chi connectivity index (χ1) is 6.59. The molecule has 0 atom stereocenters. The van der Waals surface area contributed by atoms with Crippen molar-refractivity contribution in [1.29, 1.82) is 0 Å². The zero-order valence-electron chi connectivity index (χ0n) is 7.53. The highest BCUT2D eigenvalue weighted by Gasteiger charge is 2.18. The van der Waals surface area contributed by atoms with E-state index in [-0.39, 0.29) is 5.69 Å². The number of imidazole rings is 1. The fourth-order valence-corrected chi connectivity index (χ4v) is 1.56. The first-order valence-corrected chi connectivity index (χ1v) is 4.17. The minimum absolute atomic E-state index is 0.334. The molecule has 14 heavy (non-hydrogen) atoms. The minimum atomic E-state index is -1.58. The van der Waals surface area contributed by atoms with Crippen molar-refractivity contribution in [3.8, 4) is 0 Å². The van der Waals surface area contributed by atoms with Crippen molar-refractivity contribution < 1.29 is 10.0 Å². The summed E-state index contributed by atoms with van der Waals surface area (Å²) in [6, 6.07) is 3.44. The molecule has 0 radical (unpaired) electrons. The molecule has 0 spiro atoms. The Hall–Kier alpha value is -1.53. The highest BCUT2D eigenvalue weighted by molar-refractivity contribution is 6.62. The Bertz CT molecular complexity index is 529. The largest absolute Gasteiger partial charge is 0.490 e. The quantitative estimate of drug-likeness (QED) is 0.430. The molecule has 72 valence electrons. The van der Waals surface area contributed by atoms with Gasteiger partial charge in [0.05, 0.1) is 11.0 Å². The molecule has 0 fully saturated rings. The molecule has 0 aliphatic heterocycles. The zero-order chi connectivity index (χ0) is 10.3. The molecule has 0 aliphatic carbocycles. The molecule has 2 aromatic rings. The van der Waals surface area contributed by atoms with Crippen LogP contribution in [0.5, 0.6) is 0 Å². The Kier molecular flexibility index (Phi) is 1.94. The standard InChI is InChI=1S/C8H9BN2O3/c1-4-2-3-5-7(6(4)9(13)14)11-8(12)10-5/h2-3,13-14H,1H3,(H2,10,11,12). The van der Waals surface area contributed by atoms with Gasteiger partial charge < -0.3 is 20.0 Å². The Balaban J connectivity index is 2.88. The second kappa shape index (κ2) is 3.00. The van der Waals surface area contributed by atoms with Crippen LogP contribution in [-0.4, -0.2) is 27.1 Å². The van der Waals surface area contributed by atoms with Gasteiger partial charge in [0, 0.05) is 5.46 Å². The molecule has 0 saturated carbocycles. The third kappa shape index (κ3) is 1.25. The first-order valence-electron chi connectivity index (χ1n) is 4.17. The number of aryl methyl sites for hydroxylation is 1. The number of hydrogen-bond donors (Lipinski definition) is 4. The molecule has 5 nitrogen and oxygen atoms in total. The number of benzene rings is 1. The van der Waals surface area contributed by atoms with Crippen molar-refractivity contribution in [3.63, 3.8) is 0 Å². The molecule has 0 bridgehead atoms. The third-order valence-electron chi connectivity index (χ3n) is 2.21. The van der Waals surface area contributed by atoms with E-state index in [0.717, 1.165) is 5.56 Å². The van der Waals surface area contributed by atoms with Crippen LogP contribution in [0, 0.1) is 6.92 Å². The van der Waals surface area contributed by atoms with Gasteiger partial charge in [0.25, 0.3) is 0 Å².